The Bertz CT molecular complexity index is 725. The van der Waals surface area contributed by atoms with Crippen molar-refractivity contribution in [3.63, 3.8) is 0 Å². The molecule has 5 nitrogen and oxygen atoms in total. The number of nitrogens with zero attached hydrogens (tertiary/aromatic N) is 1. The number of methoxy groups -OCH3 is 2. The predicted molar refractivity (Wildman–Crippen MR) is 124 cm³/mol. The maximum absolute atomic E-state index is 13.1. The molecule has 0 heterocycles. The first kappa shape index (κ1) is 24.0. The summed E-state index contributed by atoms with van der Waals surface area (Å²) in [7, 11) is -0.395. The van der Waals surface area contributed by atoms with Gasteiger partial charge in [0.1, 0.15) is 0 Å². The molecule has 0 bridgehead atoms. The van der Waals surface area contributed by atoms with Crippen LogP contribution >= 0.6 is 0 Å². The molecule has 0 aromatic heterocycles. The van der Waals surface area contributed by atoms with Gasteiger partial charge in [0, 0.05) is 12.0 Å². The fraction of sp³-hybridized carbons (Fsp3) is 0.682. The van der Waals surface area contributed by atoms with Crippen LogP contribution in [0.4, 0.5) is 0 Å². The zero-order valence-electron chi connectivity index (χ0n) is 19.7. The van der Waals surface area contributed by atoms with Crippen molar-refractivity contribution in [1.82, 2.24) is 4.57 Å². The quantitative estimate of drug-likeness (QED) is 0.425. The van der Waals surface area contributed by atoms with Crippen molar-refractivity contribution in [3.05, 3.63) is 23.3 Å². The van der Waals surface area contributed by atoms with Crippen LogP contribution in [0.1, 0.15) is 43.4 Å². The van der Waals surface area contributed by atoms with Gasteiger partial charge in [-0.25, -0.2) is 0 Å². The van der Waals surface area contributed by atoms with E-state index in [9.17, 15) is 4.79 Å². The van der Waals surface area contributed by atoms with E-state index >= 15 is 0 Å². The molecule has 0 fully saturated rings. The van der Waals surface area contributed by atoms with Gasteiger partial charge >= 0.3 is 0 Å². The van der Waals surface area contributed by atoms with Gasteiger partial charge in [-0.15, -0.1) is 0 Å². The van der Waals surface area contributed by atoms with E-state index in [1.54, 1.807) is 14.2 Å². The zero-order valence-corrected chi connectivity index (χ0v) is 21.7. The lowest BCUT2D eigenvalue weighted by Crippen LogP contribution is -2.57. The summed E-state index contributed by atoms with van der Waals surface area (Å²) in [6.07, 6.45) is 3.22. The molecule has 2 rings (SSSR count). The monoisotopic (exact) mass is 437 g/mol. The number of rotatable bonds is 7. The Balaban J connectivity index is 2.68. The number of hydrogen-bond donors (Lipinski definition) is 0. The third kappa shape index (κ3) is 5.44. The molecule has 1 amide bonds. The van der Waals surface area contributed by atoms with E-state index in [1.807, 2.05) is 13.0 Å². The molecule has 1 aliphatic carbocycles. The average Bonchev–Trinajstić information content (AvgIpc) is 2.78. The Labute approximate surface area is 178 Å². The molecular weight excluding hydrogens is 398 g/mol. The Morgan fingerprint density at radius 1 is 1.10 bits per heavy atom. The van der Waals surface area contributed by atoms with Crippen LogP contribution in [0.25, 0.3) is 0 Å². The van der Waals surface area contributed by atoms with Gasteiger partial charge in [-0.3, -0.25) is 4.79 Å². The molecule has 164 valence electrons. The van der Waals surface area contributed by atoms with Crippen molar-refractivity contribution in [1.29, 1.82) is 0 Å². The summed E-state index contributed by atoms with van der Waals surface area (Å²) < 4.78 is 20.3. The minimum atomic E-state index is -1.90. The summed E-state index contributed by atoms with van der Waals surface area (Å²) >= 11 is 0. The summed E-state index contributed by atoms with van der Waals surface area (Å²) in [5.41, 5.74) is 2.32. The number of ether oxygens (including phenoxy) is 2. The van der Waals surface area contributed by atoms with Crippen molar-refractivity contribution in [2.45, 2.75) is 84.0 Å². The second-order valence-corrected chi connectivity index (χ2v) is 19.1. The fourth-order valence-corrected chi connectivity index (χ4v) is 7.60. The lowest BCUT2D eigenvalue weighted by atomic mass is 9.97. The molecule has 0 saturated heterocycles. The van der Waals surface area contributed by atoms with E-state index in [0.717, 1.165) is 41.9 Å². The van der Waals surface area contributed by atoms with E-state index in [1.165, 1.54) is 0 Å². The van der Waals surface area contributed by atoms with Gasteiger partial charge in [-0.05, 0) is 50.5 Å². The summed E-state index contributed by atoms with van der Waals surface area (Å²) in [6, 6.07) is 4.15. The minimum Gasteiger partial charge on any atom is -0.493 e. The number of carbonyl (C=O) groups excluding carboxylic acids is 1. The zero-order chi connectivity index (χ0) is 22.0. The van der Waals surface area contributed by atoms with Crippen LogP contribution in [0.5, 0.6) is 11.5 Å². The first-order valence-corrected chi connectivity index (χ1v) is 17.5. The van der Waals surface area contributed by atoms with Crippen molar-refractivity contribution in [2.24, 2.45) is 0 Å². The predicted octanol–water partition coefficient (Wildman–Crippen LogP) is 5.37. The van der Waals surface area contributed by atoms with Gasteiger partial charge in [0.25, 0.3) is 0 Å². The minimum absolute atomic E-state index is 0.0557. The summed E-state index contributed by atoms with van der Waals surface area (Å²) in [6.45, 7) is 15.4. The standard InChI is InChI=1S/C22H39NO4Si2/c1-10-20(24)23(28(4,5)6)18-13-11-12-16-17(21(18)27-29(7,8)9)14-15-19(25-2)22(16)26-3/h14-15,18,21H,10-13H2,1-9H3. The maximum atomic E-state index is 13.1. The largest absolute Gasteiger partial charge is 0.493 e. The van der Waals surface area contributed by atoms with Crippen molar-refractivity contribution >= 4 is 22.5 Å². The smallest absolute Gasteiger partial charge is 0.214 e. The van der Waals surface area contributed by atoms with Crippen molar-refractivity contribution in [2.75, 3.05) is 14.2 Å². The third-order valence-corrected chi connectivity index (χ3v) is 8.36. The first-order valence-electron chi connectivity index (χ1n) is 10.7. The van der Waals surface area contributed by atoms with Crippen LogP contribution in [0, 0.1) is 0 Å². The number of fused-ring (bicyclic) bond motifs is 1. The molecule has 2 atom stereocenters. The molecule has 1 aliphatic rings. The summed E-state index contributed by atoms with van der Waals surface area (Å²) in [5, 5.41) is 0. The van der Waals surface area contributed by atoms with Crippen molar-refractivity contribution < 1.29 is 18.7 Å². The van der Waals surface area contributed by atoms with Gasteiger partial charge < -0.3 is 18.5 Å². The summed E-state index contributed by atoms with van der Waals surface area (Å²) in [5.74, 6) is 1.79. The highest BCUT2D eigenvalue weighted by Crippen LogP contribution is 2.44. The Morgan fingerprint density at radius 3 is 2.24 bits per heavy atom. The van der Waals surface area contributed by atoms with Crippen LogP contribution in [0.15, 0.2) is 12.1 Å². The molecule has 0 spiro atoms. The van der Waals surface area contributed by atoms with Gasteiger partial charge in [0.2, 0.25) is 5.91 Å². The topological polar surface area (TPSA) is 48.0 Å². The molecule has 29 heavy (non-hydrogen) atoms. The van der Waals surface area contributed by atoms with Gasteiger partial charge in [0.15, 0.2) is 28.1 Å². The maximum Gasteiger partial charge on any atom is 0.214 e. The molecule has 2 unspecified atom stereocenters. The van der Waals surface area contributed by atoms with E-state index in [2.05, 4.69) is 49.9 Å². The van der Waals surface area contributed by atoms with Gasteiger partial charge in [0.05, 0.1) is 26.4 Å². The molecule has 0 aliphatic heterocycles. The van der Waals surface area contributed by atoms with E-state index in [-0.39, 0.29) is 18.1 Å². The molecular formula is C22H39NO4Si2. The highest BCUT2D eigenvalue weighted by molar-refractivity contribution is 6.75. The Morgan fingerprint density at radius 2 is 1.76 bits per heavy atom. The molecule has 1 aromatic rings. The number of carbonyl (C=O) groups is 1. The Hall–Kier alpha value is -1.32. The van der Waals surface area contributed by atoms with Crippen LogP contribution in [0.2, 0.25) is 39.3 Å². The van der Waals surface area contributed by atoms with E-state index < -0.39 is 16.6 Å². The second-order valence-electron chi connectivity index (χ2n) is 9.77. The van der Waals surface area contributed by atoms with Crippen LogP contribution in [-0.4, -0.2) is 47.3 Å². The molecule has 0 N–H and O–H groups in total. The van der Waals surface area contributed by atoms with Crippen molar-refractivity contribution in [3.8, 4) is 11.5 Å². The van der Waals surface area contributed by atoms with Crippen LogP contribution < -0.4 is 9.47 Å². The second kappa shape index (κ2) is 9.22. The highest BCUT2D eigenvalue weighted by Gasteiger charge is 2.42. The summed E-state index contributed by atoms with van der Waals surface area (Å²) in [4.78, 5) is 13.1. The first-order chi connectivity index (χ1) is 13.4. The normalized spacial score (nSPS) is 19.9. The molecule has 0 saturated carbocycles. The van der Waals surface area contributed by atoms with Crippen LogP contribution in [0.3, 0.4) is 0 Å². The number of benzene rings is 1. The average molecular weight is 438 g/mol. The molecule has 0 radical (unpaired) electrons. The number of amides is 1. The van der Waals surface area contributed by atoms with E-state index in [4.69, 9.17) is 13.9 Å². The van der Waals surface area contributed by atoms with Gasteiger partial charge in [-0.2, -0.15) is 0 Å². The number of hydrogen-bond acceptors (Lipinski definition) is 4. The van der Waals surface area contributed by atoms with Gasteiger partial charge in [-0.1, -0.05) is 32.6 Å². The molecule has 7 heteroatoms. The molecule has 1 aromatic carbocycles. The highest BCUT2D eigenvalue weighted by atomic mass is 28.4. The van der Waals surface area contributed by atoms with E-state index in [0.29, 0.717) is 6.42 Å². The lowest BCUT2D eigenvalue weighted by Gasteiger charge is -2.45. The fourth-order valence-electron chi connectivity index (χ4n) is 4.39. The lowest BCUT2D eigenvalue weighted by molar-refractivity contribution is -0.130. The Kier molecular flexibility index (Phi) is 7.62. The third-order valence-electron chi connectivity index (χ3n) is 5.37. The SMILES string of the molecule is CCC(=O)N(C1CCCc2c(ccc(OC)c2OC)C1O[Si](C)(C)C)[Si](C)(C)C. The van der Waals surface area contributed by atoms with Crippen LogP contribution in [-0.2, 0) is 15.6 Å².